The van der Waals surface area contributed by atoms with Crippen LogP contribution in [0.15, 0.2) is 18.2 Å². The van der Waals surface area contributed by atoms with Crippen LogP contribution in [0.5, 0.6) is 0 Å². The van der Waals surface area contributed by atoms with Crippen LogP contribution in [0.4, 0.5) is 10.5 Å². The zero-order chi connectivity index (χ0) is 16.5. The molecule has 1 aliphatic carbocycles. The minimum atomic E-state index is -0.583. The Morgan fingerprint density at radius 1 is 1.32 bits per heavy atom. The Kier molecular flexibility index (Phi) is 4.52. The summed E-state index contributed by atoms with van der Waals surface area (Å²) in [5, 5.41) is 3.19. The first-order chi connectivity index (χ1) is 10.1. The molecule has 0 spiro atoms. The minimum absolute atomic E-state index is 0.192. The van der Waals surface area contributed by atoms with E-state index in [0.29, 0.717) is 17.1 Å². The van der Waals surface area contributed by atoms with Crippen molar-refractivity contribution in [3.8, 4) is 0 Å². The summed E-state index contributed by atoms with van der Waals surface area (Å²) in [5.41, 5.74) is 0.510. The number of ether oxygens (including phenoxy) is 1. The SMILES string of the molecule is CC(C)(C)OC(=O)Nc1cc(Cl)ccc1CC(=O)C1(C)CC1. The smallest absolute Gasteiger partial charge is 0.412 e. The van der Waals surface area contributed by atoms with Crippen molar-refractivity contribution in [3.05, 3.63) is 28.8 Å². The number of hydrogen-bond acceptors (Lipinski definition) is 3. The van der Waals surface area contributed by atoms with E-state index in [4.69, 9.17) is 16.3 Å². The Bertz CT molecular complexity index is 600. The van der Waals surface area contributed by atoms with Crippen molar-refractivity contribution in [2.75, 3.05) is 5.32 Å². The second-order valence-corrected chi connectivity index (χ2v) is 7.53. The van der Waals surface area contributed by atoms with E-state index in [0.717, 1.165) is 18.4 Å². The highest BCUT2D eigenvalue weighted by atomic mass is 35.5. The van der Waals surface area contributed by atoms with Crippen LogP contribution in [0, 0.1) is 5.41 Å². The molecule has 0 aliphatic heterocycles. The van der Waals surface area contributed by atoms with Crippen LogP contribution in [-0.4, -0.2) is 17.5 Å². The third kappa shape index (κ3) is 4.47. The molecular formula is C17H22ClNO3. The molecule has 5 heteroatoms. The first-order valence-electron chi connectivity index (χ1n) is 7.41. The maximum atomic E-state index is 12.3. The van der Waals surface area contributed by atoms with Crippen LogP contribution in [0.3, 0.4) is 0 Å². The van der Waals surface area contributed by atoms with Crippen LogP contribution in [0.25, 0.3) is 0 Å². The zero-order valence-corrected chi connectivity index (χ0v) is 14.2. The largest absolute Gasteiger partial charge is 0.444 e. The average molecular weight is 324 g/mol. The van der Waals surface area contributed by atoms with E-state index >= 15 is 0 Å². The molecule has 22 heavy (non-hydrogen) atoms. The fraction of sp³-hybridized carbons (Fsp3) is 0.529. The number of anilines is 1. The van der Waals surface area contributed by atoms with Crippen LogP contribution in [-0.2, 0) is 16.0 Å². The van der Waals surface area contributed by atoms with Gasteiger partial charge in [-0.2, -0.15) is 0 Å². The lowest BCUT2D eigenvalue weighted by Gasteiger charge is -2.20. The van der Waals surface area contributed by atoms with E-state index in [1.54, 1.807) is 39.0 Å². The second kappa shape index (κ2) is 5.92. The van der Waals surface area contributed by atoms with Gasteiger partial charge in [0, 0.05) is 22.5 Å². The monoisotopic (exact) mass is 323 g/mol. The standard InChI is InChI=1S/C17H22ClNO3/c1-16(2,3)22-15(21)19-13-10-12(18)6-5-11(13)9-14(20)17(4)7-8-17/h5-6,10H,7-9H2,1-4H3,(H,19,21). The molecule has 4 nitrogen and oxygen atoms in total. The third-order valence-corrected chi connectivity index (χ3v) is 3.97. The van der Waals surface area contributed by atoms with Gasteiger partial charge in [-0.05, 0) is 51.3 Å². The lowest BCUT2D eigenvalue weighted by atomic mass is 9.96. The van der Waals surface area contributed by atoms with E-state index in [9.17, 15) is 9.59 Å². The van der Waals surface area contributed by atoms with Gasteiger partial charge in [-0.25, -0.2) is 4.79 Å². The lowest BCUT2D eigenvalue weighted by Crippen LogP contribution is -2.27. The minimum Gasteiger partial charge on any atom is -0.444 e. The molecule has 1 fully saturated rings. The number of ketones is 1. The van der Waals surface area contributed by atoms with Gasteiger partial charge in [0.1, 0.15) is 11.4 Å². The van der Waals surface area contributed by atoms with E-state index in [2.05, 4.69) is 5.32 Å². The summed E-state index contributed by atoms with van der Waals surface area (Å²) in [6, 6.07) is 5.14. The second-order valence-electron chi connectivity index (χ2n) is 7.09. The number of halogens is 1. The number of carbonyl (C=O) groups is 2. The quantitative estimate of drug-likeness (QED) is 0.881. The van der Waals surface area contributed by atoms with Gasteiger partial charge < -0.3 is 4.74 Å². The third-order valence-electron chi connectivity index (χ3n) is 3.73. The number of benzene rings is 1. The fourth-order valence-corrected chi connectivity index (χ4v) is 2.26. The van der Waals surface area contributed by atoms with Crippen molar-refractivity contribution in [2.45, 2.75) is 52.6 Å². The topological polar surface area (TPSA) is 55.4 Å². The van der Waals surface area contributed by atoms with Crippen molar-refractivity contribution < 1.29 is 14.3 Å². The summed E-state index contributed by atoms with van der Waals surface area (Å²) in [5.74, 6) is 0.196. The summed E-state index contributed by atoms with van der Waals surface area (Å²) in [7, 11) is 0. The Balaban J connectivity index is 2.14. The number of rotatable bonds is 4. The molecule has 1 amide bonds. The molecule has 0 unspecified atom stereocenters. The van der Waals surface area contributed by atoms with E-state index in [1.165, 1.54) is 0 Å². The zero-order valence-electron chi connectivity index (χ0n) is 13.5. The van der Waals surface area contributed by atoms with Crippen LogP contribution in [0.1, 0.15) is 46.1 Å². The maximum absolute atomic E-state index is 12.3. The molecule has 0 aromatic heterocycles. The van der Waals surface area contributed by atoms with Gasteiger partial charge >= 0.3 is 6.09 Å². The Hall–Kier alpha value is -1.55. The van der Waals surface area contributed by atoms with Crippen LogP contribution >= 0.6 is 11.6 Å². The Morgan fingerprint density at radius 2 is 1.95 bits per heavy atom. The molecule has 0 heterocycles. The van der Waals surface area contributed by atoms with Gasteiger partial charge in [-0.15, -0.1) is 0 Å². The van der Waals surface area contributed by atoms with Crippen molar-refractivity contribution in [1.82, 2.24) is 0 Å². The van der Waals surface area contributed by atoms with Gasteiger partial charge in [-0.1, -0.05) is 24.6 Å². The molecule has 0 saturated heterocycles. The average Bonchev–Trinajstić information content (AvgIpc) is 3.09. The van der Waals surface area contributed by atoms with Crippen molar-refractivity contribution >= 4 is 29.2 Å². The highest BCUT2D eigenvalue weighted by molar-refractivity contribution is 6.31. The van der Waals surface area contributed by atoms with Gasteiger partial charge in [0.15, 0.2) is 0 Å². The Morgan fingerprint density at radius 3 is 2.50 bits per heavy atom. The highest BCUT2D eigenvalue weighted by Crippen LogP contribution is 2.46. The predicted molar refractivity (Wildman–Crippen MR) is 87.4 cm³/mol. The van der Waals surface area contributed by atoms with Gasteiger partial charge in [0.2, 0.25) is 0 Å². The molecule has 120 valence electrons. The molecule has 0 radical (unpaired) electrons. The molecule has 1 aromatic carbocycles. The number of amides is 1. The summed E-state index contributed by atoms with van der Waals surface area (Å²) in [4.78, 5) is 24.2. The van der Waals surface area contributed by atoms with Gasteiger partial charge in [0.25, 0.3) is 0 Å². The van der Waals surface area contributed by atoms with Gasteiger partial charge in [0.05, 0.1) is 0 Å². The molecule has 0 bridgehead atoms. The molecule has 1 N–H and O–H groups in total. The van der Waals surface area contributed by atoms with Crippen molar-refractivity contribution in [2.24, 2.45) is 5.41 Å². The summed E-state index contributed by atoms with van der Waals surface area (Å²) in [6.07, 6.45) is 1.61. The highest BCUT2D eigenvalue weighted by Gasteiger charge is 2.44. The molecule has 1 saturated carbocycles. The van der Waals surface area contributed by atoms with Crippen molar-refractivity contribution in [1.29, 1.82) is 0 Å². The number of carbonyl (C=O) groups excluding carboxylic acids is 2. The van der Waals surface area contributed by atoms with Crippen LogP contribution < -0.4 is 5.32 Å². The maximum Gasteiger partial charge on any atom is 0.412 e. The summed E-state index contributed by atoms with van der Waals surface area (Å²) < 4.78 is 5.24. The van der Waals surface area contributed by atoms with E-state index in [1.807, 2.05) is 6.92 Å². The number of Topliss-reactive ketones (excluding diaryl/α,β-unsaturated/α-hetero) is 1. The molecule has 0 atom stereocenters. The summed E-state index contributed by atoms with van der Waals surface area (Å²) >= 11 is 6.00. The first-order valence-corrected chi connectivity index (χ1v) is 7.79. The van der Waals surface area contributed by atoms with E-state index < -0.39 is 11.7 Å². The number of nitrogens with one attached hydrogen (secondary N) is 1. The molecule has 1 aliphatic rings. The number of hydrogen-bond donors (Lipinski definition) is 1. The molecular weight excluding hydrogens is 302 g/mol. The first kappa shape index (κ1) is 16.8. The molecule has 1 aromatic rings. The fourth-order valence-electron chi connectivity index (χ4n) is 2.09. The normalized spacial score (nSPS) is 16.0. The van der Waals surface area contributed by atoms with Gasteiger partial charge in [-0.3, -0.25) is 10.1 Å². The van der Waals surface area contributed by atoms with Crippen molar-refractivity contribution in [3.63, 3.8) is 0 Å². The van der Waals surface area contributed by atoms with Crippen LogP contribution in [0.2, 0.25) is 5.02 Å². The molecule has 2 rings (SSSR count). The Labute approximate surface area is 136 Å². The predicted octanol–water partition coefficient (Wildman–Crippen LogP) is 4.60. The lowest BCUT2D eigenvalue weighted by molar-refractivity contribution is -0.122. The summed E-state index contributed by atoms with van der Waals surface area (Å²) in [6.45, 7) is 7.36. The van der Waals surface area contributed by atoms with E-state index in [-0.39, 0.29) is 11.2 Å².